The standard InChI is InChI=1S/C10H12Cl2O/c1-7-4-2-3-5-8(7)10(12)9(11)6-13/h2-5,9-10,13H,6H2,1H3/t9-,10+/m0/s1. The van der Waals surface area contributed by atoms with Gasteiger partial charge in [0.25, 0.3) is 0 Å². The van der Waals surface area contributed by atoms with Crippen LogP contribution in [0.2, 0.25) is 0 Å². The zero-order valence-electron chi connectivity index (χ0n) is 7.37. The third-order valence-corrected chi connectivity index (χ3v) is 3.04. The molecule has 1 rings (SSSR count). The number of halogens is 2. The van der Waals surface area contributed by atoms with Gasteiger partial charge in [-0.05, 0) is 18.1 Å². The van der Waals surface area contributed by atoms with Crippen LogP contribution in [-0.4, -0.2) is 17.1 Å². The normalized spacial score (nSPS) is 15.4. The summed E-state index contributed by atoms with van der Waals surface area (Å²) in [6.45, 7) is 1.87. The van der Waals surface area contributed by atoms with Crippen LogP contribution in [0.15, 0.2) is 24.3 Å². The van der Waals surface area contributed by atoms with Crippen molar-refractivity contribution in [1.82, 2.24) is 0 Å². The Bertz CT molecular complexity index is 275. The molecule has 0 amide bonds. The molecule has 0 aliphatic rings. The minimum Gasteiger partial charge on any atom is -0.395 e. The number of benzene rings is 1. The van der Waals surface area contributed by atoms with Crippen LogP contribution in [0.1, 0.15) is 16.5 Å². The monoisotopic (exact) mass is 218 g/mol. The molecule has 1 nitrogen and oxygen atoms in total. The smallest absolute Gasteiger partial charge is 0.0773 e. The summed E-state index contributed by atoms with van der Waals surface area (Å²) < 4.78 is 0. The largest absolute Gasteiger partial charge is 0.395 e. The van der Waals surface area contributed by atoms with E-state index in [4.69, 9.17) is 28.3 Å². The van der Waals surface area contributed by atoms with Crippen LogP contribution in [0.25, 0.3) is 0 Å². The van der Waals surface area contributed by atoms with Crippen LogP contribution in [0, 0.1) is 6.92 Å². The summed E-state index contributed by atoms with van der Waals surface area (Å²) >= 11 is 11.9. The predicted molar refractivity (Wildman–Crippen MR) is 56.5 cm³/mol. The van der Waals surface area contributed by atoms with E-state index >= 15 is 0 Å². The Morgan fingerprint density at radius 3 is 2.46 bits per heavy atom. The van der Waals surface area contributed by atoms with Crippen LogP contribution < -0.4 is 0 Å². The molecular formula is C10H12Cl2O. The fourth-order valence-electron chi connectivity index (χ4n) is 1.18. The second-order valence-corrected chi connectivity index (χ2v) is 3.99. The van der Waals surface area contributed by atoms with Gasteiger partial charge in [-0.15, -0.1) is 23.2 Å². The van der Waals surface area contributed by atoms with E-state index in [1.54, 1.807) is 0 Å². The van der Waals surface area contributed by atoms with Gasteiger partial charge in [-0.2, -0.15) is 0 Å². The van der Waals surface area contributed by atoms with Gasteiger partial charge < -0.3 is 5.11 Å². The van der Waals surface area contributed by atoms with Crippen molar-refractivity contribution in [1.29, 1.82) is 0 Å². The van der Waals surface area contributed by atoms with Crippen molar-refractivity contribution < 1.29 is 5.11 Å². The van der Waals surface area contributed by atoms with E-state index in [1.807, 2.05) is 31.2 Å². The second kappa shape index (κ2) is 4.85. The van der Waals surface area contributed by atoms with E-state index in [0.29, 0.717) is 0 Å². The molecule has 1 aromatic carbocycles. The molecule has 0 aromatic heterocycles. The molecule has 0 radical (unpaired) electrons. The van der Waals surface area contributed by atoms with Crippen molar-refractivity contribution >= 4 is 23.2 Å². The third kappa shape index (κ3) is 2.60. The quantitative estimate of drug-likeness (QED) is 0.775. The highest BCUT2D eigenvalue weighted by atomic mass is 35.5. The van der Waals surface area contributed by atoms with E-state index < -0.39 is 5.38 Å². The Labute approximate surface area is 88.3 Å². The summed E-state index contributed by atoms with van der Waals surface area (Å²) in [5.74, 6) is 0. The maximum atomic E-state index is 8.84. The number of aliphatic hydroxyl groups excluding tert-OH is 1. The van der Waals surface area contributed by atoms with Crippen LogP contribution in [0.4, 0.5) is 0 Å². The highest BCUT2D eigenvalue weighted by Crippen LogP contribution is 2.29. The molecule has 13 heavy (non-hydrogen) atoms. The molecule has 2 atom stereocenters. The molecule has 0 fully saturated rings. The van der Waals surface area contributed by atoms with Crippen molar-refractivity contribution in [2.24, 2.45) is 0 Å². The number of hydrogen-bond donors (Lipinski definition) is 1. The highest BCUT2D eigenvalue weighted by Gasteiger charge is 2.18. The van der Waals surface area contributed by atoms with E-state index in [2.05, 4.69) is 0 Å². The van der Waals surface area contributed by atoms with Crippen molar-refractivity contribution in [3.05, 3.63) is 35.4 Å². The lowest BCUT2D eigenvalue weighted by Gasteiger charge is -2.15. The zero-order valence-corrected chi connectivity index (χ0v) is 8.89. The van der Waals surface area contributed by atoms with Gasteiger partial charge in [0.1, 0.15) is 0 Å². The Balaban J connectivity index is 2.88. The van der Waals surface area contributed by atoms with Gasteiger partial charge in [0.05, 0.1) is 17.4 Å². The molecule has 72 valence electrons. The lowest BCUT2D eigenvalue weighted by molar-refractivity contribution is 0.290. The van der Waals surface area contributed by atoms with Gasteiger partial charge in [0.2, 0.25) is 0 Å². The topological polar surface area (TPSA) is 20.2 Å². The van der Waals surface area contributed by atoms with E-state index in [1.165, 1.54) is 0 Å². The summed E-state index contributed by atoms with van der Waals surface area (Å²) in [6.07, 6.45) is 0. The van der Waals surface area contributed by atoms with Gasteiger partial charge in [-0.25, -0.2) is 0 Å². The molecule has 0 aliphatic carbocycles. The van der Waals surface area contributed by atoms with Crippen molar-refractivity contribution in [2.75, 3.05) is 6.61 Å². The van der Waals surface area contributed by atoms with Gasteiger partial charge in [0, 0.05) is 0 Å². The summed E-state index contributed by atoms with van der Waals surface area (Å²) in [6, 6.07) is 7.77. The second-order valence-electron chi connectivity index (χ2n) is 2.96. The minimum atomic E-state index is -0.428. The highest BCUT2D eigenvalue weighted by molar-refractivity contribution is 6.30. The first-order chi connectivity index (χ1) is 6.16. The molecule has 3 heteroatoms. The van der Waals surface area contributed by atoms with Crippen molar-refractivity contribution in [3.63, 3.8) is 0 Å². The molecule has 0 unspecified atom stereocenters. The van der Waals surface area contributed by atoms with E-state index in [0.717, 1.165) is 11.1 Å². The minimum absolute atomic E-state index is 0.107. The average molecular weight is 219 g/mol. The number of aryl methyl sites for hydroxylation is 1. The predicted octanol–water partition coefficient (Wildman–Crippen LogP) is 2.87. The maximum absolute atomic E-state index is 8.84. The first-order valence-corrected chi connectivity index (χ1v) is 4.98. The van der Waals surface area contributed by atoms with Gasteiger partial charge in [-0.1, -0.05) is 24.3 Å². The summed E-state index contributed by atoms with van der Waals surface area (Å²) in [4.78, 5) is 0. The maximum Gasteiger partial charge on any atom is 0.0773 e. The molecule has 0 aliphatic heterocycles. The van der Waals surface area contributed by atoms with Crippen LogP contribution in [0.5, 0.6) is 0 Å². The Kier molecular flexibility index (Phi) is 4.04. The number of alkyl halides is 2. The molecule has 1 N–H and O–H groups in total. The average Bonchev–Trinajstić information content (AvgIpc) is 2.16. The van der Waals surface area contributed by atoms with Crippen molar-refractivity contribution in [3.8, 4) is 0 Å². The molecule has 1 aromatic rings. The zero-order chi connectivity index (χ0) is 9.84. The SMILES string of the molecule is Cc1ccccc1[C@@H](Cl)[C@@H](Cl)CO. The lowest BCUT2D eigenvalue weighted by Crippen LogP contribution is -2.12. The van der Waals surface area contributed by atoms with Crippen LogP contribution in [-0.2, 0) is 0 Å². The number of rotatable bonds is 3. The fraction of sp³-hybridized carbons (Fsp3) is 0.400. The first kappa shape index (κ1) is 10.8. The van der Waals surface area contributed by atoms with Crippen LogP contribution >= 0.6 is 23.2 Å². The van der Waals surface area contributed by atoms with Gasteiger partial charge in [-0.3, -0.25) is 0 Å². The fourth-order valence-corrected chi connectivity index (χ4v) is 1.64. The van der Waals surface area contributed by atoms with Gasteiger partial charge >= 0.3 is 0 Å². The Hall–Kier alpha value is -0.240. The van der Waals surface area contributed by atoms with Crippen LogP contribution in [0.3, 0.4) is 0 Å². The number of hydrogen-bond acceptors (Lipinski definition) is 1. The van der Waals surface area contributed by atoms with E-state index in [9.17, 15) is 0 Å². The van der Waals surface area contributed by atoms with Gasteiger partial charge in [0.15, 0.2) is 0 Å². The molecule has 0 spiro atoms. The Morgan fingerprint density at radius 2 is 1.92 bits per heavy atom. The summed E-state index contributed by atoms with van der Waals surface area (Å²) in [5.41, 5.74) is 2.08. The molecule has 0 saturated carbocycles. The molecule has 0 saturated heterocycles. The Morgan fingerprint density at radius 1 is 1.31 bits per heavy atom. The third-order valence-electron chi connectivity index (χ3n) is 1.98. The molecule has 0 bridgehead atoms. The molecule has 0 heterocycles. The summed E-state index contributed by atoms with van der Waals surface area (Å²) in [7, 11) is 0. The summed E-state index contributed by atoms with van der Waals surface area (Å²) in [5, 5.41) is 8.09. The van der Waals surface area contributed by atoms with Crippen molar-refractivity contribution in [2.45, 2.75) is 17.7 Å². The molecular weight excluding hydrogens is 207 g/mol. The van der Waals surface area contributed by atoms with E-state index in [-0.39, 0.29) is 12.0 Å². The lowest BCUT2D eigenvalue weighted by atomic mass is 10.0. The first-order valence-electron chi connectivity index (χ1n) is 4.11. The number of aliphatic hydroxyl groups is 1.